The van der Waals surface area contributed by atoms with Crippen LogP contribution in [0.5, 0.6) is 0 Å². The van der Waals surface area contributed by atoms with Gasteiger partial charge in [0.05, 0.1) is 18.8 Å². The van der Waals surface area contributed by atoms with E-state index >= 15 is 0 Å². The molecule has 3 saturated heterocycles. The van der Waals surface area contributed by atoms with E-state index in [1.54, 1.807) is 13.8 Å². The summed E-state index contributed by atoms with van der Waals surface area (Å²) in [7, 11) is 1.35. The summed E-state index contributed by atoms with van der Waals surface area (Å²) in [5.41, 5.74) is 0. The van der Waals surface area contributed by atoms with Crippen molar-refractivity contribution in [2.24, 2.45) is 0 Å². The fourth-order valence-electron chi connectivity index (χ4n) is 4.39. The second kappa shape index (κ2) is 11.6. The maximum Gasteiger partial charge on any atom is 0.335 e. The summed E-state index contributed by atoms with van der Waals surface area (Å²) in [6.45, 7) is 2.70. The average molecular weight is 514 g/mol. The SMILES string of the molecule is COC1C(O[C@H]2OC(CO[C@H]3OC(C(=O)O)C(O)C(O)C3O)C(O)C(O)C2O)C(C)OC(C)[C@@H]1O. The smallest absolute Gasteiger partial charge is 0.335 e. The summed E-state index contributed by atoms with van der Waals surface area (Å²) in [6.07, 6.45) is -21.4. The molecule has 0 bridgehead atoms. The second-order valence-corrected chi connectivity index (χ2v) is 8.92. The number of ether oxygens (including phenoxy) is 6. The first kappa shape index (κ1) is 28.5. The Morgan fingerprint density at radius 3 is 1.91 bits per heavy atom. The topological polar surface area (TPSA) is 234 Å². The van der Waals surface area contributed by atoms with Crippen molar-refractivity contribution >= 4 is 5.97 Å². The van der Waals surface area contributed by atoms with E-state index in [1.807, 2.05) is 0 Å². The van der Waals surface area contributed by atoms with Crippen LogP contribution in [-0.2, 0) is 33.2 Å². The van der Waals surface area contributed by atoms with E-state index in [-0.39, 0.29) is 0 Å². The number of carbonyl (C=O) groups is 1. The van der Waals surface area contributed by atoms with Gasteiger partial charge in [0.15, 0.2) is 18.7 Å². The molecule has 35 heavy (non-hydrogen) atoms. The molecule has 8 N–H and O–H groups in total. The molecule has 12 unspecified atom stereocenters. The number of hydrogen-bond donors (Lipinski definition) is 8. The fourth-order valence-corrected chi connectivity index (χ4v) is 4.39. The lowest BCUT2D eigenvalue weighted by Gasteiger charge is -2.46. The highest BCUT2D eigenvalue weighted by molar-refractivity contribution is 5.73. The van der Waals surface area contributed by atoms with E-state index in [4.69, 9.17) is 33.5 Å². The van der Waals surface area contributed by atoms with Gasteiger partial charge in [0.2, 0.25) is 0 Å². The van der Waals surface area contributed by atoms with E-state index in [0.29, 0.717) is 0 Å². The van der Waals surface area contributed by atoms with Crippen molar-refractivity contribution in [1.82, 2.24) is 0 Å². The molecule has 0 amide bonds. The lowest BCUT2D eigenvalue weighted by atomic mass is 9.95. The van der Waals surface area contributed by atoms with Gasteiger partial charge in [0.25, 0.3) is 0 Å². The summed E-state index contributed by atoms with van der Waals surface area (Å²) in [6, 6.07) is 0. The van der Waals surface area contributed by atoms with Crippen LogP contribution in [0.1, 0.15) is 13.8 Å². The molecule has 0 aromatic rings. The van der Waals surface area contributed by atoms with Gasteiger partial charge in [0, 0.05) is 7.11 Å². The largest absolute Gasteiger partial charge is 0.479 e. The Balaban J connectivity index is 1.68. The number of carboxylic acids is 1. The van der Waals surface area contributed by atoms with Crippen LogP contribution in [0.15, 0.2) is 0 Å². The fraction of sp³-hybridized carbons (Fsp3) is 0.950. The van der Waals surface area contributed by atoms with Gasteiger partial charge in [0.1, 0.15) is 61.0 Å². The molecule has 3 fully saturated rings. The first-order valence-electron chi connectivity index (χ1n) is 11.1. The average Bonchev–Trinajstić information content (AvgIpc) is 2.81. The normalized spacial score (nSPS) is 51.2. The van der Waals surface area contributed by atoms with Crippen LogP contribution in [0.4, 0.5) is 0 Å². The molecule has 0 radical (unpaired) electrons. The summed E-state index contributed by atoms with van der Waals surface area (Å²) >= 11 is 0. The molecule has 3 heterocycles. The lowest BCUT2D eigenvalue weighted by molar-refractivity contribution is -0.350. The van der Waals surface area contributed by atoms with Gasteiger partial charge in [-0.15, -0.1) is 0 Å². The summed E-state index contributed by atoms with van der Waals surface area (Å²) in [5.74, 6) is -1.61. The summed E-state index contributed by atoms with van der Waals surface area (Å²) in [5, 5.41) is 80.3. The monoisotopic (exact) mass is 514 g/mol. The van der Waals surface area contributed by atoms with Crippen molar-refractivity contribution in [2.75, 3.05) is 13.7 Å². The molecular formula is C20H34O15. The Morgan fingerprint density at radius 1 is 0.714 bits per heavy atom. The van der Waals surface area contributed by atoms with Gasteiger partial charge in [-0.2, -0.15) is 0 Å². The number of aliphatic hydroxyl groups excluding tert-OH is 7. The quantitative estimate of drug-likeness (QED) is 0.159. The van der Waals surface area contributed by atoms with Crippen molar-refractivity contribution in [3.05, 3.63) is 0 Å². The van der Waals surface area contributed by atoms with Gasteiger partial charge >= 0.3 is 5.97 Å². The van der Waals surface area contributed by atoms with Crippen molar-refractivity contribution in [3.8, 4) is 0 Å². The molecule has 15 atom stereocenters. The molecule has 0 aliphatic carbocycles. The zero-order valence-corrected chi connectivity index (χ0v) is 19.3. The predicted octanol–water partition coefficient (Wildman–Crippen LogP) is -4.73. The molecule has 3 rings (SSSR count). The number of hydrogen-bond acceptors (Lipinski definition) is 14. The second-order valence-electron chi connectivity index (χ2n) is 8.92. The minimum Gasteiger partial charge on any atom is -0.479 e. The molecule has 3 aliphatic rings. The number of aliphatic carboxylic acids is 1. The van der Waals surface area contributed by atoms with Gasteiger partial charge < -0.3 is 69.3 Å². The van der Waals surface area contributed by atoms with Gasteiger partial charge in [-0.1, -0.05) is 0 Å². The van der Waals surface area contributed by atoms with Gasteiger partial charge in [-0.25, -0.2) is 4.79 Å². The molecule has 0 spiro atoms. The maximum absolute atomic E-state index is 11.2. The third-order valence-electron chi connectivity index (χ3n) is 6.50. The zero-order valence-electron chi connectivity index (χ0n) is 19.3. The lowest BCUT2D eigenvalue weighted by Crippen LogP contribution is -2.64. The summed E-state index contributed by atoms with van der Waals surface area (Å²) in [4.78, 5) is 11.2. The predicted molar refractivity (Wildman–Crippen MR) is 109 cm³/mol. The van der Waals surface area contributed by atoms with Crippen LogP contribution in [0.2, 0.25) is 0 Å². The molecule has 15 heteroatoms. The number of methoxy groups -OCH3 is 1. The van der Waals surface area contributed by atoms with Crippen LogP contribution in [0.25, 0.3) is 0 Å². The number of carboxylic acid groups (broad SMARTS) is 1. The van der Waals surface area contributed by atoms with Gasteiger partial charge in [-0.05, 0) is 13.8 Å². The van der Waals surface area contributed by atoms with E-state index < -0.39 is 105 Å². The van der Waals surface area contributed by atoms with E-state index in [1.165, 1.54) is 7.11 Å². The highest BCUT2D eigenvalue weighted by Gasteiger charge is 2.51. The van der Waals surface area contributed by atoms with Crippen LogP contribution in [0, 0.1) is 0 Å². The number of aliphatic hydroxyl groups is 7. The highest BCUT2D eigenvalue weighted by atomic mass is 16.7. The molecule has 0 aromatic carbocycles. The minimum absolute atomic E-state index is 0.564. The maximum atomic E-state index is 11.2. The van der Waals surface area contributed by atoms with Crippen LogP contribution < -0.4 is 0 Å². The summed E-state index contributed by atoms with van der Waals surface area (Å²) < 4.78 is 32.6. The molecule has 0 aromatic heterocycles. The van der Waals surface area contributed by atoms with Crippen LogP contribution in [0.3, 0.4) is 0 Å². The van der Waals surface area contributed by atoms with Crippen molar-refractivity contribution < 1.29 is 74.1 Å². The standard InChI is InChI=1S/C20H34O15/c1-5-8(21)16(30-3)15(6(2)32-5)34-20-14(27)10(23)9(22)7(33-20)4-31-19-13(26)11(24)12(25)17(35-19)18(28)29/h5-17,19-27H,4H2,1-3H3,(H,28,29)/t5?,6?,7?,8-,9?,10?,11?,12?,13?,14?,15?,16?,17?,19-,20+/m0/s1. The molecular weight excluding hydrogens is 480 g/mol. The first-order chi connectivity index (χ1) is 16.4. The molecule has 0 saturated carbocycles. The first-order valence-corrected chi connectivity index (χ1v) is 11.1. The third-order valence-corrected chi connectivity index (χ3v) is 6.50. The minimum atomic E-state index is -1.92. The Hall–Kier alpha value is -1.05. The van der Waals surface area contributed by atoms with E-state index in [0.717, 1.165) is 0 Å². The Labute approximate surface area is 200 Å². The molecule has 15 nitrogen and oxygen atoms in total. The van der Waals surface area contributed by atoms with Crippen molar-refractivity contribution in [2.45, 2.75) is 106 Å². The zero-order chi connectivity index (χ0) is 26.2. The van der Waals surface area contributed by atoms with Crippen LogP contribution in [-0.4, -0.2) is 152 Å². The Morgan fingerprint density at radius 2 is 1.31 bits per heavy atom. The van der Waals surface area contributed by atoms with Gasteiger partial charge in [-0.3, -0.25) is 0 Å². The number of rotatable bonds is 7. The van der Waals surface area contributed by atoms with Crippen molar-refractivity contribution in [1.29, 1.82) is 0 Å². The molecule has 3 aliphatic heterocycles. The molecule has 204 valence electrons. The van der Waals surface area contributed by atoms with E-state index in [9.17, 15) is 40.5 Å². The highest BCUT2D eigenvalue weighted by Crippen LogP contribution is 2.31. The van der Waals surface area contributed by atoms with Crippen LogP contribution >= 0.6 is 0 Å². The third kappa shape index (κ3) is 5.77. The van der Waals surface area contributed by atoms with Crippen molar-refractivity contribution in [3.63, 3.8) is 0 Å². The Bertz CT molecular complexity index is 710. The Kier molecular flexibility index (Phi) is 9.42. The van der Waals surface area contributed by atoms with E-state index in [2.05, 4.69) is 0 Å².